The number of benzene rings is 3. The molecule has 1 aliphatic carbocycles. The van der Waals surface area contributed by atoms with Gasteiger partial charge >= 0.3 is 0 Å². The van der Waals surface area contributed by atoms with Crippen LogP contribution in [0.2, 0.25) is 0 Å². The summed E-state index contributed by atoms with van der Waals surface area (Å²) in [4.78, 5) is 0. The SMILES string of the molecule is COc1cc(OC)c(/C=N\N=C2c3ccccc3-c3ccccc32)c(OC)c1. The summed E-state index contributed by atoms with van der Waals surface area (Å²) in [5, 5.41) is 8.89. The summed E-state index contributed by atoms with van der Waals surface area (Å²) >= 11 is 0. The van der Waals surface area contributed by atoms with Crippen LogP contribution in [-0.4, -0.2) is 33.3 Å². The van der Waals surface area contributed by atoms with Gasteiger partial charge in [-0.15, -0.1) is 5.10 Å². The van der Waals surface area contributed by atoms with Crippen molar-refractivity contribution in [2.75, 3.05) is 21.3 Å². The molecule has 5 nitrogen and oxygen atoms in total. The van der Waals surface area contributed by atoms with Crippen LogP contribution in [0.25, 0.3) is 11.1 Å². The van der Waals surface area contributed by atoms with Gasteiger partial charge in [-0.2, -0.15) is 5.10 Å². The fourth-order valence-electron chi connectivity index (χ4n) is 3.41. The standard InChI is InChI=1S/C23H20N2O3/c1-26-15-12-21(27-2)20(22(13-15)28-3)14-24-25-23-18-10-6-4-8-16(18)17-9-5-7-11-19(17)23/h4-14H,1-3H3/b24-14-. The zero-order valence-electron chi connectivity index (χ0n) is 16.0. The van der Waals surface area contributed by atoms with E-state index in [1.54, 1.807) is 39.7 Å². The molecule has 0 saturated carbocycles. The Morgan fingerprint density at radius 1 is 0.679 bits per heavy atom. The Morgan fingerprint density at radius 2 is 1.18 bits per heavy atom. The lowest BCUT2D eigenvalue weighted by Crippen LogP contribution is -1.99. The molecule has 0 amide bonds. The molecule has 5 heteroatoms. The quantitative estimate of drug-likeness (QED) is 0.381. The van der Waals surface area contributed by atoms with Crippen LogP contribution in [0.15, 0.2) is 70.9 Å². The predicted molar refractivity (Wildman–Crippen MR) is 111 cm³/mol. The first-order valence-electron chi connectivity index (χ1n) is 8.87. The van der Waals surface area contributed by atoms with Gasteiger partial charge in [0.2, 0.25) is 0 Å². The number of nitrogens with zero attached hydrogens (tertiary/aromatic N) is 2. The maximum Gasteiger partial charge on any atom is 0.135 e. The number of rotatable bonds is 5. The largest absolute Gasteiger partial charge is 0.496 e. The van der Waals surface area contributed by atoms with Gasteiger partial charge in [0, 0.05) is 23.3 Å². The molecule has 0 atom stereocenters. The Bertz CT molecular complexity index is 1010. The minimum Gasteiger partial charge on any atom is -0.496 e. The number of hydrogen-bond donors (Lipinski definition) is 0. The molecule has 0 aromatic heterocycles. The van der Waals surface area contributed by atoms with Crippen LogP contribution in [0.1, 0.15) is 16.7 Å². The highest BCUT2D eigenvalue weighted by Gasteiger charge is 2.23. The van der Waals surface area contributed by atoms with Gasteiger partial charge in [0.25, 0.3) is 0 Å². The van der Waals surface area contributed by atoms with Crippen molar-refractivity contribution in [1.82, 2.24) is 0 Å². The average Bonchev–Trinajstić information content (AvgIpc) is 3.07. The van der Waals surface area contributed by atoms with Gasteiger partial charge in [0.1, 0.15) is 23.0 Å². The molecule has 0 fully saturated rings. The third kappa shape index (κ3) is 3.01. The smallest absolute Gasteiger partial charge is 0.135 e. The molecule has 140 valence electrons. The maximum absolute atomic E-state index is 5.47. The summed E-state index contributed by atoms with van der Waals surface area (Å²) in [6.07, 6.45) is 1.65. The van der Waals surface area contributed by atoms with Crippen molar-refractivity contribution in [2.45, 2.75) is 0 Å². The van der Waals surface area contributed by atoms with Crippen molar-refractivity contribution in [2.24, 2.45) is 10.2 Å². The minimum atomic E-state index is 0.604. The molecule has 0 N–H and O–H groups in total. The molecule has 28 heavy (non-hydrogen) atoms. The lowest BCUT2D eigenvalue weighted by atomic mass is 10.1. The van der Waals surface area contributed by atoms with E-state index in [2.05, 4.69) is 34.5 Å². The van der Waals surface area contributed by atoms with Crippen molar-refractivity contribution in [1.29, 1.82) is 0 Å². The second-order valence-electron chi connectivity index (χ2n) is 6.23. The number of methoxy groups -OCH3 is 3. The predicted octanol–water partition coefficient (Wildman–Crippen LogP) is 4.56. The Balaban J connectivity index is 1.77. The molecule has 0 heterocycles. The van der Waals surface area contributed by atoms with Crippen LogP contribution < -0.4 is 14.2 Å². The lowest BCUT2D eigenvalue weighted by Gasteiger charge is -2.11. The molecule has 3 aromatic rings. The summed E-state index contributed by atoms with van der Waals surface area (Å²) < 4.78 is 16.2. The Hall–Kier alpha value is -3.60. The zero-order valence-corrected chi connectivity index (χ0v) is 16.0. The van der Waals surface area contributed by atoms with Crippen molar-refractivity contribution in [3.63, 3.8) is 0 Å². The van der Waals surface area contributed by atoms with Gasteiger partial charge in [0.15, 0.2) is 0 Å². The zero-order chi connectivity index (χ0) is 19.5. The summed E-state index contributed by atoms with van der Waals surface area (Å²) in [6.45, 7) is 0. The molecule has 0 unspecified atom stereocenters. The van der Waals surface area contributed by atoms with Gasteiger partial charge in [-0.25, -0.2) is 0 Å². The normalized spacial score (nSPS) is 11.9. The number of hydrogen-bond acceptors (Lipinski definition) is 5. The van der Waals surface area contributed by atoms with E-state index in [0.717, 1.165) is 16.8 Å². The molecule has 4 rings (SSSR count). The summed E-state index contributed by atoms with van der Waals surface area (Å²) in [5.74, 6) is 1.86. The second kappa shape index (κ2) is 7.56. The Morgan fingerprint density at radius 3 is 1.64 bits per heavy atom. The van der Waals surface area contributed by atoms with Crippen LogP contribution >= 0.6 is 0 Å². The van der Waals surface area contributed by atoms with E-state index in [0.29, 0.717) is 22.8 Å². The Labute approximate surface area is 163 Å². The number of fused-ring (bicyclic) bond motifs is 3. The van der Waals surface area contributed by atoms with Crippen LogP contribution in [-0.2, 0) is 0 Å². The van der Waals surface area contributed by atoms with Crippen molar-refractivity contribution < 1.29 is 14.2 Å². The van der Waals surface area contributed by atoms with Gasteiger partial charge in [-0.05, 0) is 11.1 Å². The van der Waals surface area contributed by atoms with E-state index in [4.69, 9.17) is 14.2 Å². The van der Waals surface area contributed by atoms with Crippen molar-refractivity contribution >= 4 is 11.9 Å². The van der Waals surface area contributed by atoms with Crippen LogP contribution in [0.3, 0.4) is 0 Å². The van der Waals surface area contributed by atoms with Gasteiger partial charge in [-0.3, -0.25) is 0 Å². The molecule has 0 spiro atoms. The molecule has 0 saturated heterocycles. The van der Waals surface area contributed by atoms with E-state index < -0.39 is 0 Å². The molecule has 0 bridgehead atoms. The first kappa shape index (κ1) is 17.8. The van der Waals surface area contributed by atoms with Crippen LogP contribution in [0.5, 0.6) is 17.2 Å². The fraction of sp³-hybridized carbons (Fsp3) is 0.130. The lowest BCUT2D eigenvalue weighted by molar-refractivity contribution is 0.374. The molecular weight excluding hydrogens is 352 g/mol. The van der Waals surface area contributed by atoms with Gasteiger partial charge in [-0.1, -0.05) is 48.5 Å². The van der Waals surface area contributed by atoms with Crippen molar-refractivity contribution in [3.8, 4) is 28.4 Å². The molecule has 3 aromatic carbocycles. The molecule has 0 aliphatic heterocycles. The van der Waals surface area contributed by atoms with E-state index in [1.165, 1.54) is 11.1 Å². The van der Waals surface area contributed by atoms with Crippen LogP contribution in [0, 0.1) is 0 Å². The third-order valence-corrected chi connectivity index (χ3v) is 4.75. The minimum absolute atomic E-state index is 0.604. The van der Waals surface area contributed by atoms with Gasteiger partial charge < -0.3 is 14.2 Å². The highest BCUT2D eigenvalue weighted by atomic mass is 16.5. The van der Waals surface area contributed by atoms with E-state index >= 15 is 0 Å². The monoisotopic (exact) mass is 372 g/mol. The number of ether oxygens (including phenoxy) is 3. The average molecular weight is 372 g/mol. The van der Waals surface area contributed by atoms with Crippen LogP contribution in [0.4, 0.5) is 0 Å². The maximum atomic E-state index is 5.47. The summed E-state index contributed by atoms with van der Waals surface area (Å²) in [6, 6.07) is 20.0. The van der Waals surface area contributed by atoms with Gasteiger partial charge in [0.05, 0.1) is 33.1 Å². The van der Waals surface area contributed by atoms with E-state index in [1.807, 2.05) is 24.3 Å². The van der Waals surface area contributed by atoms with Crippen molar-refractivity contribution in [3.05, 3.63) is 77.4 Å². The molecule has 1 aliphatic rings. The summed E-state index contributed by atoms with van der Waals surface area (Å²) in [5.41, 5.74) is 6.06. The Kier molecular flexibility index (Phi) is 4.81. The molecule has 0 radical (unpaired) electrons. The topological polar surface area (TPSA) is 52.4 Å². The third-order valence-electron chi connectivity index (χ3n) is 4.75. The summed E-state index contributed by atoms with van der Waals surface area (Å²) in [7, 11) is 4.80. The highest BCUT2D eigenvalue weighted by Crippen LogP contribution is 2.37. The highest BCUT2D eigenvalue weighted by molar-refractivity contribution is 6.24. The van der Waals surface area contributed by atoms with E-state index in [-0.39, 0.29) is 0 Å². The molecular formula is C23H20N2O3. The van der Waals surface area contributed by atoms with E-state index in [9.17, 15) is 0 Å². The first-order chi connectivity index (χ1) is 13.8. The first-order valence-corrected chi connectivity index (χ1v) is 8.87. The second-order valence-corrected chi connectivity index (χ2v) is 6.23. The fourth-order valence-corrected chi connectivity index (χ4v) is 3.41.